The Kier molecular flexibility index (Phi) is 5.96. The van der Waals surface area contributed by atoms with E-state index in [1.807, 2.05) is 0 Å². The molecule has 3 heteroatoms. The van der Waals surface area contributed by atoms with Gasteiger partial charge in [0.2, 0.25) is 5.91 Å². The molecule has 1 amide bonds. The third kappa shape index (κ3) is 5.53. The van der Waals surface area contributed by atoms with E-state index in [0.29, 0.717) is 18.9 Å². The number of carbonyl (C=O) groups excluding carboxylic acids is 1. The van der Waals surface area contributed by atoms with Crippen molar-refractivity contribution in [3.8, 4) is 0 Å². The Balaban J connectivity index is 2.21. The lowest BCUT2D eigenvalue weighted by atomic mass is 9.79. The lowest BCUT2D eigenvalue weighted by Crippen LogP contribution is -2.45. The summed E-state index contributed by atoms with van der Waals surface area (Å²) < 4.78 is 0. The molecule has 1 fully saturated rings. The van der Waals surface area contributed by atoms with Gasteiger partial charge < -0.3 is 10.4 Å². The lowest BCUT2D eigenvalue weighted by molar-refractivity contribution is -0.123. The molecule has 1 saturated carbocycles. The van der Waals surface area contributed by atoms with Crippen LogP contribution in [0.2, 0.25) is 0 Å². The highest BCUT2D eigenvalue weighted by molar-refractivity contribution is 5.75. The molecule has 2 N–H and O–H groups in total. The zero-order chi connectivity index (χ0) is 12.7. The number of amides is 1. The smallest absolute Gasteiger partial charge is 0.220 e. The fourth-order valence-corrected chi connectivity index (χ4v) is 2.68. The van der Waals surface area contributed by atoms with Gasteiger partial charge in [-0.15, -0.1) is 0 Å². The predicted molar refractivity (Wildman–Crippen MR) is 69.7 cm³/mol. The van der Waals surface area contributed by atoms with Gasteiger partial charge in [-0.2, -0.15) is 0 Å². The van der Waals surface area contributed by atoms with Gasteiger partial charge in [-0.3, -0.25) is 4.79 Å². The van der Waals surface area contributed by atoms with E-state index in [-0.39, 0.29) is 5.91 Å². The van der Waals surface area contributed by atoms with Crippen LogP contribution < -0.4 is 5.32 Å². The van der Waals surface area contributed by atoms with Crippen LogP contribution in [0.3, 0.4) is 0 Å². The summed E-state index contributed by atoms with van der Waals surface area (Å²) in [6.07, 6.45) is 7.71. The third-order valence-corrected chi connectivity index (χ3v) is 3.69. The van der Waals surface area contributed by atoms with E-state index in [1.54, 1.807) is 0 Å². The summed E-state index contributed by atoms with van der Waals surface area (Å²) in [7, 11) is 0. The maximum atomic E-state index is 11.6. The monoisotopic (exact) mass is 241 g/mol. The maximum absolute atomic E-state index is 11.6. The van der Waals surface area contributed by atoms with E-state index in [2.05, 4.69) is 19.2 Å². The van der Waals surface area contributed by atoms with Gasteiger partial charge in [0.15, 0.2) is 0 Å². The van der Waals surface area contributed by atoms with Crippen LogP contribution in [-0.2, 0) is 4.79 Å². The zero-order valence-corrected chi connectivity index (χ0v) is 11.3. The molecular formula is C14H27NO2. The Morgan fingerprint density at radius 1 is 1.47 bits per heavy atom. The fraction of sp³-hybridized carbons (Fsp3) is 0.929. The van der Waals surface area contributed by atoms with Crippen LogP contribution in [0, 0.1) is 5.92 Å². The van der Waals surface area contributed by atoms with Crippen molar-refractivity contribution in [2.45, 2.75) is 70.8 Å². The van der Waals surface area contributed by atoms with Crippen molar-refractivity contribution < 1.29 is 9.90 Å². The molecular weight excluding hydrogens is 214 g/mol. The molecule has 1 rings (SSSR count). The van der Waals surface area contributed by atoms with E-state index in [9.17, 15) is 9.90 Å². The van der Waals surface area contributed by atoms with Crippen molar-refractivity contribution in [1.82, 2.24) is 5.32 Å². The van der Waals surface area contributed by atoms with Gasteiger partial charge in [-0.25, -0.2) is 0 Å². The molecule has 100 valence electrons. The molecule has 0 spiro atoms. The van der Waals surface area contributed by atoms with Crippen LogP contribution in [0.4, 0.5) is 0 Å². The zero-order valence-electron chi connectivity index (χ0n) is 11.3. The number of hydrogen-bond acceptors (Lipinski definition) is 2. The average molecular weight is 241 g/mol. The first kappa shape index (κ1) is 14.5. The largest absolute Gasteiger partial charge is 0.388 e. The van der Waals surface area contributed by atoms with Gasteiger partial charge in [0, 0.05) is 13.0 Å². The number of hydrogen-bond donors (Lipinski definition) is 2. The lowest BCUT2D eigenvalue weighted by Gasteiger charge is -2.35. The predicted octanol–water partition coefficient (Wildman–Crippen LogP) is 2.62. The molecule has 0 aromatic carbocycles. The first-order valence-electron chi connectivity index (χ1n) is 7.05. The molecule has 0 aromatic heterocycles. The highest BCUT2D eigenvalue weighted by atomic mass is 16.3. The van der Waals surface area contributed by atoms with Crippen LogP contribution in [-0.4, -0.2) is 23.2 Å². The van der Waals surface area contributed by atoms with Crippen LogP contribution >= 0.6 is 0 Å². The summed E-state index contributed by atoms with van der Waals surface area (Å²) in [6, 6.07) is 0. The number of carbonyl (C=O) groups is 1. The SMILES string of the molecule is CCCCCC(=O)NCC1(O)CCCC(C)C1. The molecule has 0 aliphatic heterocycles. The van der Waals surface area contributed by atoms with Gasteiger partial charge >= 0.3 is 0 Å². The van der Waals surface area contributed by atoms with Crippen molar-refractivity contribution in [2.75, 3.05) is 6.54 Å². The molecule has 0 saturated heterocycles. The van der Waals surface area contributed by atoms with Crippen molar-refractivity contribution in [1.29, 1.82) is 0 Å². The summed E-state index contributed by atoms with van der Waals surface area (Å²) in [6.45, 7) is 4.74. The quantitative estimate of drug-likeness (QED) is 0.702. The second kappa shape index (κ2) is 7.00. The maximum Gasteiger partial charge on any atom is 0.220 e. The van der Waals surface area contributed by atoms with Crippen LogP contribution in [0.25, 0.3) is 0 Å². The molecule has 1 aliphatic rings. The Labute approximate surface area is 105 Å². The first-order valence-corrected chi connectivity index (χ1v) is 7.05. The average Bonchev–Trinajstić information content (AvgIpc) is 2.27. The molecule has 1 aliphatic carbocycles. The van der Waals surface area contributed by atoms with E-state index >= 15 is 0 Å². The Hall–Kier alpha value is -0.570. The van der Waals surface area contributed by atoms with Crippen molar-refractivity contribution >= 4 is 5.91 Å². The van der Waals surface area contributed by atoms with Crippen LogP contribution in [0.15, 0.2) is 0 Å². The molecule has 3 nitrogen and oxygen atoms in total. The minimum atomic E-state index is -0.655. The van der Waals surface area contributed by atoms with Gasteiger partial charge in [0.1, 0.15) is 0 Å². The second-order valence-electron chi connectivity index (χ2n) is 5.66. The number of rotatable bonds is 6. The topological polar surface area (TPSA) is 49.3 Å². The van der Waals surface area contributed by atoms with E-state index in [1.165, 1.54) is 6.42 Å². The van der Waals surface area contributed by atoms with Gasteiger partial charge in [-0.1, -0.05) is 39.5 Å². The summed E-state index contributed by atoms with van der Waals surface area (Å²) in [5.41, 5.74) is -0.655. The third-order valence-electron chi connectivity index (χ3n) is 3.69. The Morgan fingerprint density at radius 3 is 2.88 bits per heavy atom. The second-order valence-corrected chi connectivity index (χ2v) is 5.66. The molecule has 2 unspecified atom stereocenters. The van der Waals surface area contributed by atoms with Crippen molar-refractivity contribution in [3.05, 3.63) is 0 Å². The first-order chi connectivity index (χ1) is 8.06. The normalized spacial score (nSPS) is 29.0. The molecule has 0 heterocycles. The summed E-state index contributed by atoms with van der Waals surface area (Å²) in [5, 5.41) is 13.2. The van der Waals surface area contributed by atoms with E-state index in [4.69, 9.17) is 0 Å². The number of nitrogens with one attached hydrogen (secondary N) is 1. The fourth-order valence-electron chi connectivity index (χ4n) is 2.68. The van der Waals surface area contributed by atoms with Gasteiger partial charge in [0.05, 0.1) is 5.60 Å². The molecule has 17 heavy (non-hydrogen) atoms. The number of unbranched alkanes of at least 4 members (excludes halogenated alkanes) is 2. The minimum absolute atomic E-state index is 0.0881. The molecule has 0 bridgehead atoms. The van der Waals surface area contributed by atoms with Gasteiger partial charge in [0.25, 0.3) is 0 Å². The summed E-state index contributed by atoms with van der Waals surface area (Å²) in [4.78, 5) is 11.6. The Morgan fingerprint density at radius 2 is 2.24 bits per heavy atom. The van der Waals surface area contributed by atoms with Crippen LogP contribution in [0.1, 0.15) is 65.2 Å². The van der Waals surface area contributed by atoms with Crippen molar-refractivity contribution in [3.63, 3.8) is 0 Å². The number of aliphatic hydroxyl groups is 1. The standard InChI is InChI=1S/C14H27NO2/c1-3-4-5-8-13(16)15-11-14(17)9-6-7-12(2)10-14/h12,17H,3-11H2,1-2H3,(H,15,16). The van der Waals surface area contributed by atoms with E-state index < -0.39 is 5.60 Å². The minimum Gasteiger partial charge on any atom is -0.388 e. The highest BCUT2D eigenvalue weighted by Gasteiger charge is 2.32. The highest BCUT2D eigenvalue weighted by Crippen LogP contribution is 2.31. The summed E-state index contributed by atoms with van der Waals surface area (Å²) >= 11 is 0. The van der Waals surface area contributed by atoms with Crippen LogP contribution in [0.5, 0.6) is 0 Å². The van der Waals surface area contributed by atoms with Crippen molar-refractivity contribution in [2.24, 2.45) is 5.92 Å². The molecule has 0 radical (unpaired) electrons. The Bertz CT molecular complexity index is 242. The van der Waals surface area contributed by atoms with Gasteiger partial charge in [-0.05, 0) is 25.2 Å². The summed E-state index contributed by atoms with van der Waals surface area (Å²) in [5.74, 6) is 0.663. The molecule has 0 aromatic rings. The molecule has 2 atom stereocenters. The van der Waals surface area contributed by atoms with E-state index in [0.717, 1.165) is 38.5 Å².